The molecule has 4 atom stereocenters. The summed E-state index contributed by atoms with van der Waals surface area (Å²) in [5.41, 5.74) is -0.273. The fraction of sp³-hybridized carbons (Fsp3) is 0.286. The van der Waals surface area contributed by atoms with Crippen molar-refractivity contribution in [3.63, 3.8) is 0 Å². The molecule has 1 aromatic carbocycles. The minimum absolute atomic E-state index is 0.291. The van der Waals surface area contributed by atoms with E-state index in [0.29, 0.717) is 0 Å². The first-order valence-corrected chi connectivity index (χ1v) is 6.20. The molecule has 0 radical (unpaired) electrons. The van der Waals surface area contributed by atoms with Gasteiger partial charge >= 0.3 is 6.03 Å². The predicted molar refractivity (Wildman–Crippen MR) is 65.4 cm³/mol. The minimum atomic E-state index is -2.10. The van der Waals surface area contributed by atoms with Crippen LogP contribution >= 0.6 is 0 Å². The zero-order valence-corrected chi connectivity index (χ0v) is 9.89. The van der Waals surface area contributed by atoms with Crippen LogP contribution in [0.25, 0.3) is 0 Å². The Bertz CT molecular complexity index is 642. The quantitative estimate of drug-likeness (QED) is 0.690. The minimum Gasteiger partial charge on any atom is -0.330 e. The summed E-state index contributed by atoms with van der Waals surface area (Å²) in [5, 5.41) is 4.60. The number of rotatable bonds is 0. The Labute approximate surface area is 108 Å². The van der Waals surface area contributed by atoms with Gasteiger partial charge in [0.2, 0.25) is 5.67 Å². The van der Waals surface area contributed by atoms with Crippen molar-refractivity contribution in [1.82, 2.24) is 10.6 Å². The summed E-state index contributed by atoms with van der Waals surface area (Å²) < 4.78 is 15.3. The Kier molecular flexibility index (Phi) is 1.82. The summed E-state index contributed by atoms with van der Waals surface area (Å²) in [6.45, 7) is 0. The molecule has 3 amide bonds. The standard InChI is InChI=1S/C14H11FN2O2/c15-14-10-6-5-9(7-3-1-2-4-8(7)10)11(14)16-13(19)17-12(14)18/h1-6,9-11H,(H2,16,17,18,19)/t9-,10+,11+,14+/m1/s1. The first-order chi connectivity index (χ1) is 9.12. The van der Waals surface area contributed by atoms with Crippen molar-refractivity contribution in [3.05, 3.63) is 47.5 Å². The van der Waals surface area contributed by atoms with E-state index < -0.39 is 29.6 Å². The van der Waals surface area contributed by atoms with Crippen LogP contribution in [0.1, 0.15) is 23.0 Å². The van der Waals surface area contributed by atoms with E-state index >= 15 is 4.39 Å². The second kappa shape index (κ2) is 3.23. The van der Waals surface area contributed by atoms with Crippen molar-refractivity contribution in [1.29, 1.82) is 0 Å². The Morgan fingerprint density at radius 3 is 2.63 bits per heavy atom. The van der Waals surface area contributed by atoms with Crippen molar-refractivity contribution in [2.45, 2.75) is 23.5 Å². The zero-order valence-electron chi connectivity index (χ0n) is 9.89. The maximum absolute atomic E-state index is 15.3. The molecule has 0 aromatic heterocycles. The first kappa shape index (κ1) is 10.7. The summed E-state index contributed by atoms with van der Waals surface area (Å²) in [5.74, 6) is -1.77. The van der Waals surface area contributed by atoms with Crippen LogP contribution < -0.4 is 10.6 Å². The molecule has 3 aliphatic carbocycles. The molecule has 2 bridgehead atoms. The average molecular weight is 258 g/mol. The monoisotopic (exact) mass is 258 g/mol. The van der Waals surface area contributed by atoms with E-state index in [0.717, 1.165) is 11.1 Å². The lowest BCUT2D eigenvalue weighted by Gasteiger charge is -2.50. The van der Waals surface area contributed by atoms with Crippen LogP contribution in [0.15, 0.2) is 36.4 Å². The van der Waals surface area contributed by atoms with Gasteiger partial charge in [0.1, 0.15) is 0 Å². The lowest BCUT2D eigenvalue weighted by Crippen LogP contribution is -2.72. The fourth-order valence-corrected chi connectivity index (χ4v) is 3.50. The predicted octanol–water partition coefficient (Wildman–Crippen LogP) is 1.35. The highest BCUT2D eigenvalue weighted by molar-refractivity contribution is 6.04. The maximum Gasteiger partial charge on any atom is 0.321 e. The van der Waals surface area contributed by atoms with Gasteiger partial charge in [-0.1, -0.05) is 36.4 Å². The topological polar surface area (TPSA) is 58.2 Å². The van der Waals surface area contributed by atoms with E-state index in [1.807, 2.05) is 35.7 Å². The van der Waals surface area contributed by atoms with Crippen molar-refractivity contribution >= 4 is 11.9 Å². The Hall–Kier alpha value is -2.17. The largest absolute Gasteiger partial charge is 0.330 e. The SMILES string of the molecule is O=C1NC(=O)[C@]2(F)[C@H]3C=C[C@H](c4ccccc43)[C@@H]2N1. The highest BCUT2D eigenvalue weighted by atomic mass is 19.1. The number of hydrogen-bond acceptors (Lipinski definition) is 2. The third-order valence-electron chi connectivity index (χ3n) is 4.33. The fourth-order valence-electron chi connectivity index (χ4n) is 3.50. The number of imide groups is 1. The molecule has 1 aromatic rings. The van der Waals surface area contributed by atoms with Crippen LogP contribution in [0.5, 0.6) is 0 Å². The molecule has 96 valence electrons. The number of benzene rings is 1. The Morgan fingerprint density at radius 2 is 1.84 bits per heavy atom. The van der Waals surface area contributed by atoms with Crippen LogP contribution in [-0.2, 0) is 4.79 Å². The summed E-state index contributed by atoms with van der Waals surface area (Å²) >= 11 is 0. The van der Waals surface area contributed by atoms with Gasteiger partial charge in [0.15, 0.2) is 0 Å². The molecule has 19 heavy (non-hydrogen) atoms. The molecule has 1 saturated heterocycles. The molecule has 5 rings (SSSR count). The van der Waals surface area contributed by atoms with Gasteiger partial charge < -0.3 is 5.32 Å². The van der Waals surface area contributed by atoms with Crippen LogP contribution in [0.3, 0.4) is 0 Å². The van der Waals surface area contributed by atoms with E-state index in [-0.39, 0.29) is 5.92 Å². The molecule has 0 spiro atoms. The summed E-state index contributed by atoms with van der Waals surface area (Å²) in [7, 11) is 0. The summed E-state index contributed by atoms with van der Waals surface area (Å²) in [6, 6.07) is 6.05. The van der Waals surface area contributed by atoms with Gasteiger partial charge in [0.25, 0.3) is 5.91 Å². The highest BCUT2D eigenvalue weighted by Crippen LogP contribution is 2.53. The molecule has 5 heteroatoms. The van der Waals surface area contributed by atoms with Crippen LogP contribution in [-0.4, -0.2) is 23.6 Å². The molecule has 4 aliphatic rings. The Balaban J connectivity index is 1.96. The Morgan fingerprint density at radius 1 is 1.11 bits per heavy atom. The molecule has 4 nitrogen and oxygen atoms in total. The average Bonchev–Trinajstić information content (AvgIpc) is 2.41. The number of halogens is 1. The van der Waals surface area contributed by atoms with Crippen LogP contribution in [0, 0.1) is 0 Å². The number of nitrogens with one attached hydrogen (secondary N) is 2. The number of alkyl halides is 1. The van der Waals surface area contributed by atoms with Gasteiger partial charge in [0.05, 0.1) is 6.04 Å². The second-order valence-electron chi connectivity index (χ2n) is 5.19. The van der Waals surface area contributed by atoms with Crippen LogP contribution in [0.4, 0.5) is 9.18 Å². The molecule has 0 saturated carbocycles. The lowest BCUT2D eigenvalue weighted by atomic mass is 9.60. The number of carbonyl (C=O) groups excluding carboxylic acids is 2. The third kappa shape index (κ3) is 1.13. The molecule has 2 N–H and O–H groups in total. The smallest absolute Gasteiger partial charge is 0.321 e. The van der Waals surface area contributed by atoms with Crippen molar-refractivity contribution < 1.29 is 14.0 Å². The molecule has 1 heterocycles. The van der Waals surface area contributed by atoms with Gasteiger partial charge in [-0.15, -0.1) is 0 Å². The summed E-state index contributed by atoms with van der Waals surface area (Å²) in [6.07, 6.45) is 3.62. The van der Waals surface area contributed by atoms with E-state index in [2.05, 4.69) is 5.32 Å². The number of amides is 3. The number of hydrogen-bond donors (Lipinski definition) is 2. The first-order valence-electron chi connectivity index (χ1n) is 6.20. The molecule has 1 aliphatic heterocycles. The van der Waals surface area contributed by atoms with Gasteiger partial charge in [-0.05, 0) is 11.1 Å². The lowest BCUT2D eigenvalue weighted by molar-refractivity contribution is -0.137. The maximum atomic E-state index is 15.3. The van der Waals surface area contributed by atoms with E-state index in [1.165, 1.54) is 0 Å². The second-order valence-corrected chi connectivity index (χ2v) is 5.19. The molecule has 0 unspecified atom stereocenters. The zero-order chi connectivity index (χ0) is 13.2. The van der Waals surface area contributed by atoms with E-state index in [4.69, 9.17) is 0 Å². The van der Waals surface area contributed by atoms with E-state index in [1.54, 1.807) is 6.08 Å². The van der Waals surface area contributed by atoms with E-state index in [9.17, 15) is 9.59 Å². The van der Waals surface area contributed by atoms with Crippen LogP contribution in [0.2, 0.25) is 0 Å². The number of urea groups is 1. The van der Waals surface area contributed by atoms with Gasteiger partial charge in [-0.2, -0.15) is 0 Å². The number of allylic oxidation sites excluding steroid dienone is 1. The van der Waals surface area contributed by atoms with Crippen molar-refractivity contribution in [3.8, 4) is 0 Å². The van der Waals surface area contributed by atoms with Crippen molar-refractivity contribution in [2.24, 2.45) is 0 Å². The third-order valence-corrected chi connectivity index (χ3v) is 4.33. The molecule has 1 fully saturated rings. The van der Waals surface area contributed by atoms with Gasteiger partial charge in [0, 0.05) is 11.8 Å². The van der Waals surface area contributed by atoms with Gasteiger partial charge in [-0.3, -0.25) is 10.1 Å². The molecular formula is C14H11FN2O2. The normalized spacial score (nSPS) is 38.3. The highest BCUT2D eigenvalue weighted by Gasteiger charge is 2.63. The van der Waals surface area contributed by atoms with Gasteiger partial charge in [-0.25, -0.2) is 9.18 Å². The van der Waals surface area contributed by atoms with Crippen molar-refractivity contribution in [2.75, 3.05) is 0 Å². The number of carbonyl (C=O) groups is 2. The molecular weight excluding hydrogens is 247 g/mol. The summed E-state index contributed by atoms with van der Waals surface area (Å²) in [4.78, 5) is 23.4.